The summed E-state index contributed by atoms with van der Waals surface area (Å²) in [6.07, 6.45) is 0.839. The Kier molecular flexibility index (Phi) is 5.20. The summed E-state index contributed by atoms with van der Waals surface area (Å²) in [5, 5.41) is 14.4. The molecule has 1 amide bonds. The Morgan fingerprint density at radius 2 is 2.29 bits per heavy atom. The van der Waals surface area contributed by atoms with Crippen LogP contribution in [0.4, 0.5) is 5.69 Å². The standard InChI is InChI=1S/C15H18ClNO4/c1-9-11(16)4-2-5-12(9)17-14(18)8-10(15(19)20)13-6-3-7-21-13/h2,4-5,10,13H,3,6-8H2,1H3,(H,17,18)(H,19,20)/p-1/t10-,13-/m1/s1. The molecule has 0 saturated carbocycles. The maximum atomic E-state index is 12.0. The summed E-state index contributed by atoms with van der Waals surface area (Å²) in [5.74, 6) is -2.56. The van der Waals surface area contributed by atoms with Crippen molar-refractivity contribution in [2.45, 2.75) is 32.3 Å². The SMILES string of the molecule is Cc1c(Cl)cccc1NC(=O)C[C@@H](C(=O)[O-])[C@H]1CCCO1. The Hall–Kier alpha value is -1.59. The number of nitrogens with one attached hydrogen (secondary N) is 1. The Morgan fingerprint density at radius 3 is 2.90 bits per heavy atom. The van der Waals surface area contributed by atoms with E-state index in [1.807, 2.05) is 0 Å². The number of benzene rings is 1. The molecule has 1 aromatic rings. The lowest BCUT2D eigenvalue weighted by Gasteiger charge is -2.23. The monoisotopic (exact) mass is 310 g/mol. The van der Waals surface area contributed by atoms with Crippen LogP contribution in [0.25, 0.3) is 0 Å². The first-order valence-electron chi connectivity index (χ1n) is 6.86. The van der Waals surface area contributed by atoms with E-state index >= 15 is 0 Å². The first-order chi connectivity index (χ1) is 9.99. The van der Waals surface area contributed by atoms with E-state index in [4.69, 9.17) is 16.3 Å². The van der Waals surface area contributed by atoms with Crippen molar-refractivity contribution in [2.24, 2.45) is 5.92 Å². The largest absolute Gasteiger partial charge is 0.550 e. The van der Waals surface area contributed by atoms with Gasteiger partial charge < -0.3 is 20.0 Å². The van der Waals surface area contributed by atoms with E-state index < -0.39 is 18.0 Å². The van der Waals surface area contributed by atoms with Gasteiger partial charge in [-0.25, -0.2) is 0 Å². The molecule has 1 aliphatic rings. The summed E-state index contributed by atoms with van der Waals surface area (Å²) in [4.78, 5) is 23.2. The van der Waals surface area contributed by atoms with Gasteiger partial charge in [0, 0.05) is 35.6 Å². The summed E-state index contributed by atoms with van der Waals surface area (Å²) in [7, 11) is 0. The predicted octanol–water partition coefficient (Wildman–Crippen LogP) is 1.52. The molecule has 0 spiro atoms. The molecule has 0 radical (unpaired) electrons. The van der Waals surface area contributed by atoms with Gasteiger partial charge in [0.2, 0.25) is 5.91 Å². The summed E-state index contributed by atoms with van der Waals surface area (Å²) in [6.45, 7) is 2.32. The fraction of sp³-hybridized carbons (Fsp3) is 0.467. The van der Waals surface area contributed by atoms with Crippen LogP contribution in [0.2, 0.25) is 5.02 Å². The van der Waals surface area contributed by atoms with Gasteiger partial charge in [-0.2, -0.15) is 0 Å². The van der Waals surface area contributed by atoms with Crippen LogP contribution in [0, 0.1) is 12.8 Å². The van der Waals surface area contributed by atoms with Gasteiger partial charge in [-0.3, -0.25) is 4.79 Å². The smallest absolute Gasteiger partial charge is 0.225 e. The fourth-order valence-corrected chi connectivity index (χ4v) is 2.60. The van der Waals surface area contributed by atoms with Crippen LogP contribution in [0.3, 0.4) is 0 Å². The molecule has 1 heterocycles. The van der Waals surface area contributed by atoms with Crippen molar-refractivity contribution in [1.82, 2.24) is 0 Å². The number of rotatable bonds is 5. The van der Waals surface area contributed by atoms with E-state index in [1.54, 1.807) is 25.1 Å². The fourth-order valence-electron chi connectivity index (χ4n) is 2.43. The molecule has 114 valence electrons. The van der Waals surface area contributed by atoms with Gasteiger partial charge in [0.15, 0.2) is 0 Å². The second-order valence-corrected chi connectivity index (χ2v) is 5.55. The predicted molar refractivity (Wildman–Crippen MR) is 76.9 cm³/mol. The molecule has 2 rings (SSSR count). The van der Waals surface area contributed by atoms with Crippen molar-refractivity contribution >= 4 is 29.2 Å². The summed E-state index contributed by atoms with van der Waals surface area (Å²) < 4.78 is 5.35. The average Bonchev–Trinajstić information content (AvgIpc) is 2.95. The highest BCUT2D eigenvalue weighted by Crippen LogP contribution is 2.25. The first-order valence-corrected chi connectivity index (χ1v) is 7.24. The number of halogens is 1. The molecule has 1 saturated heterocycles. The zero-order valence-corrected chi connectivity index (χ0v) is 12.5. The molecule has 5 nitrogen and oxygen atoms in total. The van der Waals surface area contributed by atoms with E-state index in [0.29, 0.717) is 23.7 Å². The highest BCUT2D eigenvalue weighted by Gasteiger charge is 2.29. The van der Waals surface area contributed by atoms with Crippen LogP contribution in [0.5, 0.6) is 0 Å². The first kappa shape index (κ1) is 15.8. The second kappa shape index (κ2) is 6.91. The molecule has 2 atom stereocenters. The van der Waals surface area contributed by atoms with Crippen molar-refractivity contribution in [3.05, 3.63) is 28.8 Å². The number of carbonyl (C=O) groups is 2. The number of carbonyl (C=O) groups excluding carboxylic acids is 2. The molecule has 0 bridgehead atoms. The second-order valence-electron chi connectivity index (χ2n) is 5.14. The topological polar surface area (TPSA) is 78.5 Å². The van der Waals surface area contributed by atoms with Crippen molar-refractivity contribution < 1.29 is 19.4 Å². The van der Waals surface area contributed by atoms with Crippen LogP contribution in [0.15, 0.2) is 18.2 Å². The molecule has 1 N–H and O–H groups in total. The molecule has 0 aliphatic carbocycles. The number of carboxylic acids is 1. The Balaban J connectivity index is 2.02. The molecule has 21 heavy (non-hydrogen) atoms. The Labute approximate surface area is 128 Å². The Morgan fingerprint density at radius 1 is 1.52 bits per heavy atom. The quantitative estimate of drug-likeness (QED) is 0.894. The van der Waals surface area contributed by atoms with Crippen molar-refractivity contribution in [3.63, 3.8) is 0 Å². The van der Waals surface area contributed by atoms with Crippen molar-refractivity contribution in [1.29, 1.82) is 0 Å². The van der Waals surface area contributed by atoms with Crippen molar-refractivity contribution in [2.75, 3.05) is 11.9 Å². The third kappa shape index (κ3) is 3.95. The number of ether oxygens (including phenoxy) is 1. The minimum absolute atomic E-state index is 0.168. The highest BCUT2D eigenvalue weighted by atomic mass is 35.5. The van der Waals surface area contributed by atoms with Crippen LogP contribution in [0.1, 0.15) is 24.8 Å². The molecular formula is C15H17ClNO4-. The van der Waals surface area contributed by atoms with Gasteiger partial charge in [0.05, 0.1) is 6.10 Å². The minimum Gasteiger partial charge on any atom is -0.550 e. The third-order valence-electron chi connectivity index (χ3n) is 3.66. The van der Waals surface area contributed by atoms with Crippen LogP contribution >= 0.6 is 11.6 Å². The maximum Gasteiger partial charge on any atom is 0.225 e. The minimum atomic E-state index is -1.25. The molecular weight excluding hydrogens is 294 g/mol. The normalized spacial score (nSPS) is 19.2. The molecule has 1 aliphatic heterocycles. The molecule has 6 heteroatoms. The third-order valence-corrected chi connectivity index (χ3v) is 4.07. The zero-order valence-electron chi connectivity index (χ0n) is 11.7. The summed E-state index contributed by atoms with van der Waals surface area (Å²) in [5.41, 5.74) is 1.33. The van der Waals surface area contributed by atoms with Crippen LogP contribution in [-0.2, 0) is 14.3 Å². The van der Waals surface area contributed by atoms with E-state index in [9.17, 15) is 14.7 Å². The molecule has 1 aromatic carbocycles. The lowest BCUT2D eigenvalue weighted by Crippen LogP contribution is -2.40. The summed E-state index contributed by atoms with van der Waals surface area (Å²) >= 11 is 5.98. The van der Waals surface area contributed by atoms with Crippen molar-refractivity contribution in [3.8, 4) is 0 Å². The number of carboxylic acid groups (broad SMARTS) is 1. The van der Waals surface area contributed by atoms with E-state index in [0.717, 1.165) is 12.0 Å². The zero-order chi connectivity index (χ0) is 15.4. The van der Waals surface area contributed by atoms with Crippen LogP contribution < -0.4 is 10.4 Å². The van der Waals surface area contributed by atoms with Crippen LogP contribution in [-0.4, -0.2) is 24.6 Å². The molecule has 0 unspecified atom stereocenters. The van der Waals surface area contributed by atoms with Gasteiger partial charge in [0.25, 0.3) is 0 Å². The van der Waals surface area contributed by atoms with Gasteiger partial charge >= 0.3 is 0 Å². The van der Waals surface area contributed by atoms with Gasteiger partial charge in [-0.15, -0.1) is 0 Å². The lowest BCUT2D eigenvalue weighted by molar-refractivity contribution is -0.314. The highest BCUT2D eigenvalue weighted by molar-refractivity contribution is 6.31. The summed E-state index contributed by atoms with van der Waals surface area (Å²) in [6, 6.07) is 5.17. The maximum absolute atomic E-state index is 12.0. The lowest BCUT2D eigenvalue weighted by atomic mass is 9.96. The molecule has 1 fully saturated rings. The van der Waals surface area contributed by atoms with E-state index in [2.05, 4.69) is 5.32 Å². The number of anilines is 1. The van der Waals surface area contributed by atoms with Gasteiger partial charge in [-0.1, -0.05) is 17.7 Å². The number of aliphatic carboxylic acids is 1. The van der Waals surface area contributed by atoms with E-state index in [-0.39, 0.29) is 12.3 Å². The van der Waals surface area contributed by atoms with Gasteiger partial charge in [0.1, 0.15) is 0 Å². The number of hydrogen-bond acceptors (Lipinski definition) is 4. The number of amides is 1. The Bertz CT molecular complexity index is 540. The average molecular weight is 311 g/mol. The van der Waals surface area contributed by atoms with E-state index in [1.165, 1.54) is 0 Å². The molecule has 0 aromatic heterocycles. The van der Waals surface area contributed by atoms with Gasteiger partial charge in [-0.05, 0) is 37.5 Å². The number of hydrogen-bond donors (Lipinski definition) is 1.